The molecule has 3 aliphatic rings. The number of rotatable bonds is 5. The number of nitrogens with zero attached hydrogens (tertiary/aromatic N) is 6. The van der Waals surface area contributed by atoms with Crippen LogP contribution in [0.5, 0.6) is 0 Å². The molecule has 2 unspecified atom stereocenters. The zero-order valence-corrected chi connectivity index (χ0v) is 17.8. The summed E-state index contributed by atoms with van der Waals surface area (Å²) >= 11 is 0. The molecule has 1 aliphatic carbocycles. The molecule has 0 bridgehead atoms. The van der Waals surface area contributed by atoms with Gasteiger partial charge in [0.1, 0.15) is 23.2 Å². The number of fused-ring (bicyclic) bond motifs is 1. The van der Waals surface area contributed by atoms with Gasteiger partial charge >= 0.3 is 6.09 Å². The second kappa shape index (κ2) is 7.56. The summed E-state index contributed by atoms with van der Waals surface area (Å²) in [5.74, 6) is -1.44. The third-order valence-electron chi connectivity index (χ3n) is 6.88. The van der Waals surface area contributed by atoms with E-state index in [9.17, 15) is 10.1 Å². The van der Waals surface area contributed by atoms with Crippen LogP contribution in [0.2, 0.25) is 0 Å². The lowest BCUT2D eigenvalue weighted by Gasteiger charge is -2.16. The average molecular weight is 464 g/mol. The summed E-state index contributed by atoms with van der Waals surface area (Å²) < 4.78 is 42.3. The van der Waals surface area contributed by atoms with E-state index in [0.29, 0.717) is 18.9 Å². The Morgan fingerprint density at radius 3 is 2.59 bits per heavy atom. The Labute approximate surface area is 192 Å². The lowest BCUT2D eigenvalue weighted by Crippen LogP contribution is -2.26. The van der Waals surface area contributed by atoms with E-state index < -0.39 is 29.2 Å². The average Bonchev–Trinajstić information content (AvgIpc) is 3.34. The number of hydrogen-bond acceptors (Lipinski definition) is 7. The monoisotopic (exact) mass is 464 g/mol. The van der Waals surface area contributed by atoms with Crippen LogP contribution in [0.4, 0.5) is 19.3 Å². The van der Waals surface area contributed by atoms with Gasteiger partial charge in [-0.1, -0.05) is 11.3 Å². The highest BCUT2D eigenvalue weighted by molar-refractivity contribution is 5.90. The largest absolute Gasteiger partial charge is 0.442 e. The van der Waals surface area contributed by atoms with Crippen molar-refractivity contribution in [3.05, 3.63) is 60.2 Å². The number of carbonyl (C=O) groups excluding carboxylic acids is 1. The Balaban J connectivity index is 1.24. The van der Waals surface area contributed by atoms with Gasteiger partial charge in [-0.15, -0.1) is 5.10 Å². The van der Waals surface area contributed by atoms with E-state index in [0.717, 1.165) is 12.1 Å². The summed E-state index contributed by atoms with van der Waals surface area (Å²) in [6.45, 7) is 1.44. The Morgan fingerprint density at radius 2 is 1.97 bits per heavy atom. The highest BCUT2D eigenvalue weighted by Gasteiger charge is 2.70. The maximum absolute atomic E-state index is 15.0. The van der Waals surface area contributed by atoms with Gasteiger partial charge in [0.05, 0.1) is 55.5 Å². The predicted octanol–water partition coefficient (Wildman–Crippen LogP) is 2.68. The number of halogens is 2. The minimum absolute atomic E-state index is 0.0589. The van der Waals surface area contributed by atoms with Crippen molar-refractivity contribution in [1.29, 1.82) is 5.26 Å². The summed E-state index contributed by atoms with van der Waals surface area (Å²) in [4.78, 5) is 17.9. The van der Waals surface area contributed by atoms with Gasteiger partial charge in [-0.3, -0.25) is 9.88 Å². The zero-order chi connectivity index (χ0) is 23.4. The maximum Gasteiger partial charge on any atom is 0.414 e. The first-order valence-electron chi connectivity index (χ1n) is 10.8. The molecule has 3 fully saturated rings. The third-order valence-corrected chi connectivity index (χ3v) is 6.88. The molecule has 3 aromatic rings. The Kier molecular flexibility index (Phi) is 4.60. The second-order valence-electron chi connectivity index (χ2n) is 8.69. The van der Waals surface area contributed by atoms with Crippen LogP contribution in [0.25, 0.3) is 11.1 Å². The highest BCUT2D eigenvalue weighted by Crippen LogP contribution is 2.62. The van der Waals surface area contributed by atoms with Crippen LogP contribution >= 0.6 is 0 Å². The summed E-state index contributed by atoms with van der Waals surface area (Å²) in [7, 11) is 0. The number of carbonyl (C=O) groups is 1. The molecule has 34 heavy (non-hydrogen) atoms. The molecule has 1 amide bonds. The fourth-order valence-electron chi connectivity index (χ4n) is 5.10. The predicted molar refractivity (Wildman–Crippen MR) is 112 cm³/mol. The molecule has 0 radical (unpaired) electrons. The van der Waals surface area contributed by atoms with Crippen LogP contribution in [0.3, 0.4) is 0 Å². The van der Waals surface area contributed by atoms with Gasteiger partial charge in [-0.25, -0.2) is 18.3 Å². The molecular formula is C23H18F2N6O3. The van der Waals surface area contributed by atoms with E-state index >= 15 is 8.78 Å². The zero-order valence-electron chi connectivity index (χ0n) is 17.8. The van der Waals surface area contributed by atoms with Crippen LogP contribution in [0, 0.1) is 34.8 Å². The van der Waals surface area contributed by atoms with E-state index in [2.05, 4.69) is 21.4 Å². The highest BCUT2D eigenvalue weighted by atomic mass is 19.1. The molecule has 0 N–H and O–H groups in total. The number of anilines is 1. The SMILES string of the molecule is N#CC1(c2ccc(-c3c(F)cc(N4C[C@H](Cn5ccnn5)OC4=O)cc3F)cn2)C2COCC21. The molecule has 4 heterocycles. The lowest BCUT2D eigenvalue weighted by molar-refractivity contribution is 0.129. The fourth-order valence-corrected chi connectivity index (χ4v) is 5.10. The summed E-state index contributed by atoms with van der Waals surface area (Å²) in [5.41, 5.74) is -0.0406. The van der Waals surface area contributed by atoms with Crippen LogP contribution in [-0.2, 0) is 21.4 Å². The number of amides is 1. The van der Waals surface area contributed by atoms with Crippen molar-refractivity contribution in [1.82, 2.24) is 20.0 Å². The van der Waals surface area contributed by atoms with Gasteiger partial charge in [0.2, 0.25) is 0 Å². The molecule has 0 spiro atoms. The van der Waals surface area contributed by atoms with Crippen LogP contribution in [0.1, 0.15) is 5.69 Å². The van der Waals surface area contributed by atoms with Crippen LogP contribution < -0.4 is 4.90 Å². The topological polar surface area (TPSA) is 106 Å². The minimum Gasteiger partial charge on any atom is -0.442 e. The minimum atomic E-state index is -0.830. The quantitative estimate of drug-likeness (QED) is 0.572. The number of aromatic nitrogens is 4. The first kappa shape index (κ1) is 20.7. The number of nitriles is 1. The van der Waals surface area contributed by atoms with Crippen LogP contribution in [0.15, 0.2) is 42.9 Å². The third kappa shape index (κ3) is 3.06. The molecule has 172 valence electrons. The van der Waals surface area contributed by atoms with E-state index in [1.54, 1.807) is 18.3 Å². The summed E-state index contributed by atoms with van der Waals surface area (Å²) in [5, 5.41) is 17.2. The molecule has 2 aliphatic heterocycles. The molecule has 9 nitrogen and oxygen atoms in total. The number of ether oxygens (including phenoxy) is 2. The Hall–Kier alpha value is -3.91. The molecule has 1 aromatic carbocycles. The van der Waals surface area contributed by atoms with Crippen molar-refractivity contribution in [3.8, 4) is 17.2 Å². The van der Waals surface area contributed by atoms with Crippen molar-refractivity contribution in [2.75, 3.05) is 24.7 Å². The smallest absolute Gasteiger partial charge is 0.414 e. The van der Waals surface area contributed by atoms with Gasteiger partial charge in [-0.2, -0.15) is 5.26 Å². The number of pyridine rings is 1. The molecule has 1 saturated carbocycles. The van der Waals surface area contributed by atoms with E-state index in [1.807, 2.05) is 0 Å². The number of hydrogen-bond donors (Lipinski definition) is 0. The first-order valence-corrected chi connectivity index (χ1v) is 10.8. The van der Waals surface area contributed by atoms with Crippen LogP contribution in [-0.4, -0.2) is 51.9 Å². The number of benzene rings is 1. The molecule has 2 aromatic heterocycles. The van der Waals surface area contributed by atoms with Gasteiger partial charge in [0, 0.05) is 29.8 Å². The maximum atomic E-state index is 15.0. The van der Waals surface area contributed by atoms with Crippen molar-refractivity contribution in [2.24, 2.45) is 11.8 Å². The fraction of sp³-hybridized carbons (Fsp3) is 0.348. The Bertz CT molecular complexity index is 1270. The van der Waals surface area contributed by atoms with E-state index in [4.69, 9.17) is 9.47 Å². The molecule has 6 rings (SSSR count). The molecule has 3 atom stereocenters. The summed E-state index contributed by atoms with van der Waals surface area (Å²) in [6, 6.07) is 7.78. The van der Waals surface area contributed by atoms with E-state index in [1.165, 1.54) is 22.0 Å². The van der Waals surface area contributed by atoms with Gasteiger partial charge in [0.15, 0.2) is 0 Å². The normalized spacial score (nSPS) is 27.4. The van der Waals surface area contributed by atoms with Crippen molar-refractivity contribution < 1.29 is 23.0 Å². The van der Waals surface area contributed by atoms with Crippen molar-refractivity contribution in [3.63, 3.8) is 0 Å². The van der Waals surface area contributed by atoms with Crippen molar-refractivity contribution in [2.45, 2.75) is 18.1 Å². The van der Waals surface area contributed by atoms with Crippen molar-refractivity contribution >= 4 is 11.8 Å². The number of cyclic esters (lactones) is 1. The second-order valence-corrected chi connectivity index (χ2v) is 8.69. The molecule has 2 saturated heterocycles. The van der Waals surface area contributed by atoms with Gasteiger partial charge in [0.25, 0.3) is 0 Å². The standard InChI is InChI=1S/C23H18F2N6O3/c24-18-5-14(31-9-15(34-22(31)32)8-30-4-3-28-29-30)6-19(25)21(18)13-1-2-20(27-7-13)23(12-26)16-10-33-11-17(16)23/h1-7,15-17H,8-11H2/t15-,16?,17?,23?/m0/s1. The van der Waals surface area contributed by atoms with E-state index in [-0.39, 0.29) is 41.7 Å². The summed E-state index contributed by atoms with van der Waals surface area (Å²) in [6.07, 6.45) is 3.29. The molecular weight excluding hydrogens is 446 g/mol. The first-order chi connectivity index (χ1) is 16.5. The van der Waals surface area contributed by atoms with Gasteiger partial charge in [-0.05, 0) is 18.2 Å². The lowest BCUT2D eigenvalue weighted by atomic mass is 9.96. The molecule has 11 heteroatoms. The Morgan fingerprint density at radius 1 is 1.21 bits per heavy atom. The van der Waals surface area contributed by atoms with Gasteiger partial charge < -0.3 is 9.47 Å².